The van der Waals surface area contributed by atoms with Crippen molar-refractivity contribution in [1.29, 1.82) is 0 Å². The molecule has 0 unspecified atom stereocenters. The van der Waals surface area contributed by atoms with E-state index < -0.39 is 10.0 Å². The first-order valence-corrected chi connectivity index (χ1v) is 8.30. The second-order valence-electron chi connectivity index (χ2n) is 5.35. The Hall–Kier alpha value is -1.24. The Kier molecular flexibility index (Phi) is 3.40. The Balaban J connectivity index is 1.79. The zero-order valence-corrected chi connectivity index (χ0v) is 12.3. The predicted octanol–water partition coefficient (Wildman–Crippen LogP) is 1.67. The van der Waals surface area contributed by atoms with Gasteiger partial charge in [0.05, 0.1) is 5.69 Å². The van der Waals surface area contributed by atoms with Crippen molar-refractivity contribution in [1.82, 2.24) is 4.31 Å². The fraction of sp³-hybridized carbons (Fsp3) is 0.500. The van der Waals surface area contributed by atoms with E-state index in [-0.39, 0.29) is 11.4 Å². The summed E-state index contributed by atoms with van der Waals surface area (Å²) in [6.45, 7) is 1.04. The minimum absolute atomic E-state index is 0.0876. The molecule has 2 aliphatic rings. The van der Waals surface area contributed by atoms with Gasteiger partial charge in [0, 0.05) is 31.8 Å². The monoisotopic (exact) mass is 294 g/mol. The van der Waals surface area contributed by atoms with E-state index in [4.69, 9.17) is 4.74 Å². The summed E-state index contributed by atoms with van der Waals surface area (Å²) in [4.78, 5) is 4.48. The number of sulfonamides is 1. The third-order valence-corrected chi connectivity index (χ3v) is 5.85. The van der Waals surface area contributed by atoms with E-state index in [9.17, 15) is 8.42 Å². The predicted molar refractivity (Wildman–Crippen MR) is 77.9 cm³/mol. The molecule has 0 saturated carbocycles. The van der Waals surface area contributed by atoms with Crippen molar-refractivity contribution in [2.75, 3.05) is 26.1 Å². The summed E-state index contributed by atoms with van der Waals surface area (Å²) in [5.41, 5.74) is 2.15. The minimum atomic E-state index is -3.29. The second-order valence-corrected chi connectivity index (χ2v) is 7.26. The summed E-state index contributed by atoms with van der Waals surface area (Å²) in [5.74, 6) is -0.245. The number of benzene rings is 1. The van der Waals surface area contributed by atoms with Crippen molar-refractivity contribution in [3.8, 4) is 0 Å². The molecule has 108 valence electrons. The summed E-state index contributed by atoms with van der Waals surface area (Å²) >= 11 is 0. The summed E-state index contributed by atoms with van der Waals surface area (Å²) in [7, 11) is -1.88. The van der Waals surface area contributed by atoms with Gasteiger partial charge in [-0.2, -0.15) is 4.31 Å². The molecule has 0 atom stereocenters. The van der Waals surface area contributed by atoms with Gasteiger partial charge >= 0.3 is 0 Å². The standard InChI is InChI=1S/C14H18N2O3S/c1-19-11-20(17,18)16-8-6-14(7-9-16)10-15-13-5-3-2-4-12(13)14/h2-5,10H,6-9,11H2,1H3. The molecule has 2 heterocycles. The average molecular weight is 294 g/mol. The zero-order chi connectivity index (χ0) is 14.2. The van der Waals surface area contributed by atoms with Crippen molar-refractivity contribution < 1.29 is 13.2 Å². The van der Waals surface area contributed by atoms with Crippen LogP contribution in [0.1, 0.15) is 18.4 Å². The minimum Gasteiger partial charge on any atom is -0.367 e. The molecular formula is C14H18N2O3S. The van der Waals surface area contributed by atoms with Crippen molar-refractivity contribution in [2.45, 2.75) is 18.3 Å². The third kappa shape index (κ3) is 2.17. The Bertz CT molecular complexity index is 632. The largest absolute Gasteiger partial charge is 0.367 e. The zero-order valence-electron chi connectivity index (χ0n) is 11.4. The molecule has 1 saturated heterocycles. The van der Waals surface area contributed by atoms with Crippen molar-refractivity contribution >= 4 is 21.9 Å². The Morgan fingerprint density at radius 3 is 2.70 bits per heavy atom. The van der Waals surface area contributed by atoms with Crippen LogP contribution in [0, 0.1) is 0 Å². The molecule has 1 fully saturated rings. The van der Waals surface area contributed by atoms with Crippen LogP contribution in [0.25, 0.3) is 0 Å². The van der Waals surface area contributed by atoms with Crippen LogP contribution in [0.2, 0.25) is 0 Å². The molecule has 0 aromatic heterocycles. The molecular weight excluding hydrogens is 276 g/mol. The van der Waals surface area contributed by atoms with Crippen molar-refractivity contribution in [3.63, 3.8) is 0 Å². The third-order valence-electron chi connectivity index (χ3n) is 4.17. The van der Waals surface area contributed by atoms with Gasteiger partial charge in [-0.3, -0.25) is 4.99 Å². The van der Waals surface area contributed by atoms with Gasteiger partial charge in [-0.15, -0.1) is 0 Å². The number of rotatable bonds is 3. The van der Waals surface area contributed by atoms with Crippen LogP contribution in [0.3, 0.4) is 0 Å². The van der Waals surface area contributed by atoms with E-state index in [1.807, 2.05) is 24.4 Å². The maximum absolute atomic E-state index is 12.0. The van der Waals surface area contributed by atoms with Gasteiger partial charge in [0.25, 0.3) is 0 Å². The molecule has 0 amide bonds. The van der Waals surface area contributed by atoms with Gasteiger partial charge in [0.2, 0.25) is 10.0 Å². The van der Waals surface area contributed by atoms with Gasteiger partial charge in [0.1, 0.15) is 0 Å². The molecule has 20 heavy (non-hydrogen) atoms. The number of hydrogen-bond acceptors (Lipinski definition) is 4. The van der Waals surface area contributed by atoms with E-state index in [2.05, 4.69) is 11.1 Å². The molecule has 0 bridgehead atoms. The van der Waals surface area contributed by atoms with E-state index in [1.165, 1.54) is 17.0 Å². The highest BCUT2D eigenvalue weighted by Crippen LogP contribution is 2.43. The number of methoxy groups -OCH3 is 1. The van der Waals surface area contributed by atoms with Gasteiger partial charge < -0.3 is 4.74 Å². The quantitative estimate of drug-likeness (QED) is 0.852. The second kappa shape index (κ2) is 4.95. The van der Waals surface area contributed by atoms with E-state index in [0.29, 0.717) is 13.1 Å². The number of ether oxygens (including phenoxy) is 1. The van der Waals surface area contributed by atoms with Gasteiger partial charge in [0.15, 0.2) is 5.94 Å². The molecule has 0 aliphatic carbocycles. The number of fused-ring (bicyclic) bond motifs is 2. The molecule has 0 N–H and O–H groups in total. The lowest BCUT2D eigenvalue weighted by atomic mass is 9.75. The highest BCUT2D eigenvalue weighted by molar-refractivity contribution is 7.88. The lowest BCUT2D eigenvalue weighted by Crippen LogP contribution is -2.46. The van der Waals surface area contributed by atoms with Crippen molar-refractivity contribution in [3.05, 3.63) is 29.8 Å². The van der Waals surface area contributed by atoms with Gasteiger partial charge in [-0.1, -0.05) is 18.2 Å². The smallest absolute Gasteiger partial charge is 0.238 e. The fourth-order valence-corrected chi connectivity index (χ4v) is 4.24. The van der Waals surface area contributed by atoms with Crippen LogP contribution in [0.5, 0.6) is 0 Å². The first-order chi connectivity index (χ1) is 9.57. The van der Waals surface area contributed by atoms with Crippen LogP contribution in [0.4, 0.5) is 5.69 Å². The summed E-state index contributed by atoms with van der Waals surface area (Å²) in [6, 6.07) is 8.10. The fourth-order valence-electron chi connectivity index (χ4n) is 3.06. The van der Waals surface area contributed by atoms with Crippen LogP contribution < -0.4 is 0 Å². The number of para-hydroxylation sites is 1. The number of aliphatic imine (C=N–C) groups is 1. The molecule has 3 rings (SSSR count). The average Bonchev–Trinajstić information content (AvgIpc) is 2.79. The number of nitrogens with zero attached hydrogens (tertiary/aromatic N) is 2. The topological polar surface area (TPSA) is 59.0 Å². The van der Waals surface area contributed by atoms with Crippen LogP contribution in [-0.4, -0.2) is 45.1 Å². The molecule has 0 radical (unpaired) electrons. The first kappa shape index (κ1) is 13.7. The number of hydrogen-bond donors (Lipinski definition) is 0. The normalized spacial score (nSPS) is 21.2. The molecule has 1 aromatic carbocycles. The lowest BCUT2D eigenvalue weighted by molar-refractivity contribution is 0.229. The Labute approximate surface area is 119 Å². The SMILES string of the molecule is COCS(=O)(=O)N1CCC2(C=Nc3ccccc32)CC1. The van der Waals surface area contributed by atoms with Crippen LogP contribution in [-0.2, 0) is 20.2 Å². The molecule has 1 aromatic rings. The highest BCUT2D eigenvalue weighted by Gasteiger charge is 2.41. The molecule has 1 spiro atoms. The van der Waals surface area contributed by atoms with Gasteiger partial charge in [-0.25, -0.2) is 8.42 Å². The maximum atomic E-state index is 12.0. The lowest BCUT2D eigenvalue weighted by Gasteiger charge is -2.37. The maximum Gasteiger partial charge on any atom is 0.238 e. The summed E-state index contributed by atoms with van der Waals surface area (Å²) < 4.78 is 30.3. The summed E-state index contributed by atoms with van der Waals surface area (Å²) in [6.07, 6.45) is 3.55. The van der Waals surface area contributed by atoms with Gasteiger partial charge in [-0.05, 0) is 24.5 Å². The van der Waals surface area contributed by atoms with E-state index in [0.717, 1.165) is 18.5 Å². The molecule has 6 heteroatoms. The molecule has 5 nitrogen and oxygen atoms in total. The van der Waals surface area contributed by atoms with Crippen LogP contribution >= 0.6 is 0 Å². The Morgan fingerprint density at radius 1 is 1.30 bits per heavy atom. The van der Waals surface area contributed by atoms with Crippen molar-refractivity contribution in [2.24, 2.45) is 4.99 Å². The van der Waals surface area contributed by atoms with E-state index in [1.54, 1.807) is 0 Å². The highest BCUT2D eigenvalue weighted by atomic mass is 32.2. The number of piperidine rings is 1. The first-order valence-electron chi connectivity index (χ1n) is 6.69. The molecule has 2 aliphatic heterocycles. The Morgan fingerprint density at radius 2 is 2.00 bits per heavy atom. The summed E-state index contributed by atoms with van der Waals surface area (Å²) in [5, 5.41) is 0. The van der Waals surface area contributed by atoms with Crippen LogP contribution in [0.15, 0.2) is 29.3 Å². The van der Waals surface area contributed by atoms with E-state index >= 15 is 0 Å².